The Morgan fingerprint density at radius 1 is 1.50 bits per heavy atom. The molecule has 1 saturated heterocycles. The van der Waals surface area contributed by atoms with Crippen molar-refractivity contribution in [3.8, 4) is 12.3 Å². The second kappa shape index (κ2) is 7.72. The summed E-state index contributed by atoms with van der Waals surface area (Å²) in [5.74, 6) is 2.01. The first-order valence-electron chi connectivity index (χ1n) is 6.31. The molecule has 0 spiro atoms. The topological polar surface area (TPSA) is 58.6 Å². The minimum absolute atomic E-state index is 0.0944. The van der Waals surface area contributed by atoms with Crippen molar-refractivity contribution in [2.45, 2.75) is 32.2 Å². The molecular weight excluding hydrogens is 232 g/mol. The van der Waals surface area contributed by atoms with Crippen LogP contribution in [0.5, 0.6) is 0 Å². The van der Waals surface area contributed by atoms with Gasteiger partial charge in [0.25, 0.3) is 0 Å². The average Bonchev–Trinajstić information content (AvgIpc) is 2.39. The maximum Gasteiger partial charge on any atom is 0.328 e. The Morgan fingerprint density at radius 3 is 2.94 bits per heavy atom. The fourth-order valence-corrected chi connectivity index (χ4v) is 2.06. The van der Waals surface area contributed by atoms with Gasteiger partial charge in [0.05, 0.1) is 19.7 Å². The minimum atomic E-state index is -0.432. The van der Waals surface area contributed by atoms with Gasteiger partial charge in [0.15, 0.2) is 0 Å². The molecule has 0 aromatic carbocycles. The Morgan fingerprint density at radius 2 is 2.28 bits per heavy atom. The van der Waals surface area contributed by atoms with Crippen LogP contribution in [0.1, 0.15) is 26.2 Å². The van der Waals surface area contributed by atoms with Gasteiger partial charge in [-0.1, -0.05) is 5.92 Å². The largest absolute Gasteiger partial charge is 0.464 e. The van der Waals surface area contributed by atoms with Crippen LogP contribution in [0.4, 0.5) is 0 Å². The quantitative estimate of drug-likeness (QED) is 0.430. The average molecular weight is 252 g/mol. The van der Waals surface area contributed by atoms with Crippen LogP contribution in [0, 0.1) is 12.3 Å². The number of ether oxygens (including phenoxy) is 1. The van der Waals surface area contributed by atoms with E-state index in [9.17, 15) is 9.59 Å². The predicted octanol–water partition coefficient (Wildman–Crippen LogP) is 0.153. The molecule has 5 nitrogen and oxygen atoms in total. The monoisotopic (exact) mass is 252 g/mol. The van der Waals surface area contributed by atoms with Gasteiger partial charge in [-0.15, -0.1) is 6.42 Å². The van der Waals surface area contributed by atoms with E-state index in [2.05, 4.69) is 11.2 Å². The van der Waals surface area contributed by atoms with Crippen LogP contribution in [0.15, 0.2) is 0 Å². The summed E-state index contributed by atoms with van der Waals surface area (Å²) in [6, 6.07) is -0.432. The van der Waals surface area contributed by atoms with Crippen LogP contribution in [-0.2, 0) is 14.3 Å². The minimum Gasteiger partial charge on any atom is -0.464 e. The zero-order chi connectivity index (χ0) is 13.4. The first-order chi connectivity index (χ1) is 8.70. The molecule has 0 bridgehead atoms. The van der Waals surface area contributed by atoms with Crippen LogP contribution >= 0.6 is 0 Å². The smallest absolute Gasteiger partial charge is 0.328 e. The van der Waals surface area contributed by atoms with Gasteiger partial charge in [0.1, 0.15) is 6.04 Å². The number of esters is 1. The van der Waals surface area contributed by atoms with E-state index < -0.39 is 6.04 Å². The molecule has 1 unspecified atom stereocenters. The summed E-state index contributed by atoms with van der Waals surface area (Å²) in [5, 5.41) is 2.84. The molecule has 1 aliphatic heterocycles. The Labute approximate surface area is 108 Å². The van der Waals surface area contributed by atoms with E-state index in [0.29, 0.717) is 26.1 Å². The SMILES string of the molecule is C#CCNCC(=O)N1CCCCC1C(=O)OCC. The molecule has 1 aliphatic rings. The Balaban J connectivity index is 2.56. The number of nitrogens with one attached hydrogen (secondary N) is 1. The molecule has 0 radical (unpaired) electrons. The first kappa shape index (κ1) is 14.5. The van der Waals surface area contributed by atoms with Gasteiger partial charge in [-0.05, 0) is 26.2 Å². The molecule has 0 aliphatic carbocycles. The van der Waals surface area contributed by atoms with Crippen LogP contribution in [-0.4, -0.2) is 49.1 Å². The summed E-state index contributed by atoms with van der Waals surface area (Å²) in [6.07, 6.45) is 7.65. The Hall–Kier alpha value is -1.54. The summed E-state index contributed by atoms with van der Waals surface area (Å²) in [5.41, 5.74) is 0. The van der Waals surface area contributed by atoms with Gasteiger partial charge >= 0.3 is 5.97 Å². The molecule has 1 amide bonds. The molecule has 1 N–H and O–H groups in total. The molecule has 5 heteroatoms. The number of nitrogens with zero attached hydrogens (tertiary/aromatic N) is 1. The normalized spacial score (nSPS) is 19.1. The molecule has 0 saturated carbocycles. The van der Waals surface area contributed by atoms with E-state index >= 15 is 0 Å². The van der Waals surface area contributed by atoms with Gasteiger partial charge in [0, 0.05) is 6.54 Å². The highest BCUT2D eigenvalue weighted by atomic mass is 16.5. The van der Waals surface area contributed by atoms with Crippen LogP contribution in [0.2, 0.25) is 0 Å². The van der Waals surface area contributed by atoms with Crippen molar-refractivity contribution in [3.63, 3.8) is 0 Å². The summed E-state index contributed by atoms with van der Waals surface area (Å²) < 4.78 is 5.00. The van der Waals surface area contributed by atoms with Gasteiger partial charge < -0.3 is 9.64 Å². The highest BCUT2D eigenvalue weighted by Crippen LogP contribution is 2.18. The lowest BCUT2D eigenvalue weighted by atomic mass is 10.0. The molecule has 1 heterocycles. The maximum atomic E-state index is 12.0. The van der Waals surface area contributed by atoms with E-state index in [-0.39, 0.29) is 18.4 Å². The lowest BCUT2D eigenvalue weighted by Gasteiger charge is -2.34. The van der Waals surface area contributed by atoms with E-state index in [4.69, 9.17) is 11.2 Å². The highest BCUT2D eigenvalue weighted by molar-refractivity contribution is 5.85. The van der Waals surface area contributed by atoms with E-state index in [1.807, 2.05) is 0 Å². The van der Waals surface area contributed by atoms with Gasteiger partial charge in [0.2, 0.25) is 5.91 Å². The third-order valence-electron chi connectivity index (χ3n) is 2.89. The number of likely N-dealkylation sites (tertiary alicyclic amines) is 1. The molecule has 100 valence electrons. The molecular formula is C13H20N2O3. The zero-order valence-electron chi connectivity index (χ0n) is 10.8. The number of terminal acetylenes is 1. The van der Waals surface area contributed by atoms with Crippen molar-refractivity contribution in [1.29, 1.82) is 0 Å². The third kappa shape index (κ3) is 4.04. The summed E-state index contributed by atoms with van der Waals surface area (Å²) in [4.78, 5) is 25.4. The van der Waals surface area contributed by atoms with Crippen molar-refractivity contribution in [3.05, 3.63) is 0 Å². The van der Waals surface area contributed by atoms with Crippen molar-refractivity contribution in [2.75, 3.05) is 26.2 Å². The highest BCUT2D eigenvalue weighted by Gasteiger charge is 2.32. The molecule has 0 aromatic heterocycles. The Bertz CT molecular complexity index is 336. The summed E-state index contributed by atoms with van der Waals surface area (Å²) in [7, 11) is 0. The number of piperidine rings is 1. The lowest BCUT2D eigenvalue weighted by Crippen LogP contribution is -2.51. The maximum absolute atomic E-state index is 12.0. The second-order valence-electron chi connectivity index (χ2n) is 4.16. The van der Waals surface area contributed by atoms with Crippen molar-refractivity contribution >= 4 is 11.9 Å². The number of carbonyl (C=O) groups is 2. The zero-order valence-corrected chi connectivity index (χ0v) is 10.8. The number of rotatable bonds is 5. The standard InChI is InChI=1S/C13H20N2O3/c1-3-8-14-10-12(16)15-9-6-5-7-11(15)13(17)18-4-2/h1,11,14H,4-10H2,2H3. The van der Waals surface area contributed by atoms with Crippen molar-refractivity contribution in [2.24, 2.45) is 0 Å². The summed E-state index contributed by atoms with van der Waals surface area (Å²) in [6.45, 7) is 3.23. The molecule has 0 aromatic rings. The van der Waals surface area contributed by atoms with Gasteiger partial charge in [-0.2, -0.15) is 0 Å². The molecule has 1 rings (SSSR count). The summed E-state index contributed by atoms with van der Waals surface area (Å²) >= 11 is 0. The van der Waals surface area contributed by atoms with E-state index in [1.54, 1.807) is 11.8 Å². The molecule has 1 atom stereocenters. The number of hydrogen-bond donors (Lipinski definition) is 1. The lowest BCUT2D eigenvalue weighted by molar-refractivity contribution is -0.156. The first-order valence-corrected chi connectivity index (χ1v) is 6.31. The number of amides is 1. The fourth-order valence-electron chi connectivity index (χ4n) is 2.06. The molecule has 18 heavy (non-hydrogen) atoms. The van der Waals surface area contributed by atoms with Crippen LogP contribution < -0.4 is 5.32 Å². The van der Waals surface area contributed by atoms with Crippen molar-refractivity contribution < 1.29 is 14.3 Å². The van der Waals surface area contributed by atoms with E-state index in [0.717, 1.165) is 12.8 Å². The van der Waals surface area contributed by atoms with Gasteiger partial charge in [-0.3, -0.25) is 10.1 Å². The molecule has 1 fully saturated rings. The van der Waals surface area contributed by atoms with Crippen molar-refractivity contribution in [1.82, 2.24) is 10.2 Å². The third-order valence-corrected chi connectivity index (χ3v) is 2.89. The van der Waals surface area contributed by atoms with Gasteiger partial charge in [-0.25, -0.2) is 4.79 Å². The fraction of sp³-hybridized carbons (Fsp3) is 0.692. The van der Waals surface area contributed by atoms with Crippen LogP contribution in [0.25, 0.3) is 0 Å². The van der Waals surface area contributed by atoms with E-state index in [1.165, 1.54) is 0 Å². The Kier molecular flexibility index (Phi) is 6.23. The second-order valence-corrected chi connectivity index (χ2v) is 4.16. The number of hydrogen-bond acceptors (Lipinski definition) is 4. The predicted molar refractivity (Wildman–Crippen MR) is 67.7 cm³/mol. The number of carbonyl (C=O) groups excluding carboxylic acids is 2. The van der Waals surface area contributed by atoms with Crippen LogP contribution in [0.3, 0.4) is 0 Å².